The second kappa shape index (κ2) is 5.84. The largest absolute Gasteiger partial charge is 0.311 e. The lowest BCUT2D eigenvalue weighted by Gasteiger charge is -2.31. The van der Waals surface area contributed by atoms with E-state index < -0.39 is 0 Å². The molecule has 0 aromatic carbocycles. The molecule has 3 unspecified atom stereocenters. The molecule has 0 bridgehead atoms. The van der Waals surface area contributed by atoms with Crippen LogP contribution < -0.4 is 5.32 Å². The van der Waals surface area contributed by atoms with E-state index in [0.29, 0.717) is 12.1 Å². The molecule has 3 heteroatoms. The van der Waals surface area contributed by atoms with Crippen LogP contribution in [0.25, 0.3) is 0 Å². The van der Waals surface area contributed by atoms with Gasteiger partial charge in [-0.3, -0.25) is 4.90 Å². The summed E-state index contributed by atoms with van der Waals surface area (Å²) >= 11 is 0. The van der Waals surface area contributed by atoms with Gasteiger partial charge in [-0.1, -0.05) is 12.8 Å². The summed E-state index contributed by atoms with van der Waals surface area (Å²) in [6.45, 7) is 3.31. The Bertz CT molecular complexity index is 280. The minimum absolute atomic E-state index is 0.238. The maximum Gasteiger partial charge on any atom is 0.0672 e. The van der Waals surface area contributed by atoms with Crippen LogP contribution in [0, 0.1) is 17.2 Å². The molecule has 0 aliphatic heterocycles. The van der Waals surface area contributed by atoms with Gasteiger partial charge in [0.25, 0.3) is 0 Å². The number of hydrogen-bond acceptors (Lipinski definition) is 3. The average Bonchev–Trinajstić information content (AvgIpc) is 3.19. The van der Waals surface area contributed by atoms with Crippen LogP contribution in [0.4, 0.5) is 0 Å². The molecule has 17 heavy (non-hydrogen) atoms. The van der Waals surface area contributed by atoms with Crippen molar-refractivity contribution in [1.82, 2.24) is 10.2 Å². The first-order chi connectivity index (χ1) is 8.22. The van der Waals surface area contributed by atoms with Crippen LogP contribution in [0.3, 0.4) is 0 Å². The molecule has 96 valence electrons. The molecular weight excluding hydrogens is 210 g/mol. The van der Waals surface area contributed by atoms with Gasteiger partial charge in [0.2, 0.25) is 0 Å². The molecule has 0 amide bonds. The smallest absolute Gasteiger partial charge is 0.0672 e. The maximum atomic E-state index is 9.13. The van der Waals surface area contributed by atoms with Crippen LogP contribution in [0.5, 0.6) is 0 Å². The fraction of sp³-hybridized carbons (Fsp3) is 0.929. The van der Waals surface area contributed by atoms with Gasteiger partial charge in [0.05, 0.1) is 12.0 Å². The number of likely N-dealkylation sites (N-methyl/N-ethyl adjacent to an activating group) is 1. The molecule has 2 rings (SSSR count). The fourth-order valence-electron chi connectivity index (χ4n) is 2.84. The van der Waals surface area contributed by atoms with E-state index in [1.54, 1.807) is 0 Å². The Morgan fingerprint density at radius 2 is 2.00 bits per heavy atom. The molecule has 0 saturated heterocycles. The predicted octanol–water partition coefficient (Wildman–Crippen LogP) is 2.14. The van der Waals surface area contributed by atoms with Crippen molar-refractivity contribution in [2.45, 2.75) is 63.6 Å². The average molecular weight is 235 g/mol. The Kier molecular flexibility index (Phi) is 4.42. The zero-order valence-corrected chi connectivity index (χ0v) is 11.2. The molecule has 0 aromatic rings. The minimum atomic E-state index is 0.238. The first-order valence-electron chi connectivity index (χ1n) is 7.07. The van der Waals surface area contributed by atoms with Gasteiger partial charge in [-0.05, 0) is 39.7 Å². The Hall–Kier alpha value is -0.590. The van der Waals surface area contributed by atoms with E-state index in [1.165, 1.54) is 32.1 Å². The van der Waals surface area contributed by atoms with Gasteiger partial charge in [-0.2, -0.15) is 5.26 Å². The third kappa shape index (κ3) is 3.43. The van der Waals surface area contributed by atoms with Crippen LogP contribution in [0.15, 0.2) is 0 Å². The topological polar surface area (TPSA) is 39.1 Å². The van der Waals surface area contributed by atoms with Crippen molar-refractivity contribution in [1.29, 1.82) is 5.26 Å². The van der Waals surface area contributed by atoms with Gasteiger partial charge in [0.15, 0.2) is 0 Å². The summed E-state index contributed by atoms with van der Waals surface area (Å²) in [4.78, 5) is 2.48. The molecule has 2 aliphatic carbocycles. The highest BCUT2D eigenvalue weighted by atomic mass is 15.2. The summed E-state index contributed by atoms with van der Waals surface area (Å²) in [5.74, 6) is 0.238. The predicted molar refractivity (Wildman–Crippen MR) is 69.6 cm³/mol. The van der Waals surface area contributed by atoms with Crippen molar-refractivity contribution in [2.75, 3.05) is 13.6 Å². The van der Waals surface area contributed by atoms with E-state index in [4.69, 9.17) is 5.26 Å². The van der Waals surface area contributed by atoms with Crippen molar-refractivity contribution in [3.8, 4) is 6.07 Å². The van der Waals surface area contributed by atoms with E-state index in [-0.39, 0.29) is 5.92 Å². The molecule has 1 N–H and O–H groups in total. The van der Waals surface area contributed by atoms with Gasteiger partial charge in [-0.15, -0.1) is 0 Å². The number of nitrogens with one attached hydrogen (secondary N) is 1. The van der Waals surface area contributed by atoms with Crippen LogP contribution >= 0.6 is 0 Å². The molecule has 0 heterocycles. The number of nitriles is 1. The second-order valence-electron chi connectivity index (χ2n) is 5.78. The van der Waals surface area contributed by atoms with Crippen molar-refractivity contribution in [2.24, 2.45) is 5.92 Å². The normalized spacial score (nSPS) is 31.2. The van der Waals surface area contributed by atoms with E-state index in [1.807, 2.05) is 0 Å². The summed E-state index contributed by atoms with van der Waals surface area (Å²) in [5, 5.41) is 12.8. The number of hydrogen-bond donors (Lipinski definition) is 1. The standard InChI is InChI=1S/C14H25N3/c1-11(17(2)13-7-8-13)10-16-14-6-4-3-5-12(14)9-15/h11-14,16H,3-8,10H2,1-2H3. The van der Waals surface area contributed by atoms with E-state index in [2.05, 4.69) is 30.3 Å². The molecule has 2 fully saturated rings. The third-order valence-electron chi connectivity index (χ3n) is 4.43. The summed E-state index contributed by atoms with van der Waals surface area (Å²) in [7, 11) is 2.23. The lowest BCUT2D eigenvalue weighted by molar-refractivity contribution is 0.220. The molecule has 0 spiro atoms. The highest BCUT2D eigenvalue weighted by Crippen LogP contribution is 2.27. The molecule has 3 nitrogen and oxygen atoms in total. The Labute approximate surface area is 105 Å². The highest BCUT2D eigenvalue weighted by Gasteiger charge is 2.30. The fourth-order valence-corrected chi connectivity index (χ4v) is 2.84. The van der Waals surface area contributed by atoms with Crippen LogP contribution in [-0.2, 0) is 0 Å². The highest BCUT2D eigenvalue weighted by molar-refractivity contribution is 4.95. The minimum Gasteiger partial charge on any atom is -0.311 e. The SMILES string of the molecule is CC(CNC1CCCCC1C#N)N(C)C1CC1. The van der Waals surface area contributed by atoms with Gasteiger partial charge >= 0.3 is 0 Å². The molecule has 3 atom stereocenters. The van der Waals surface area contributed by atoms with Gasteiger partial charge < -0.3 is 5.32 Å². The zero-order valence-electron chi connectivity index (χ0n) is 11.2. The molecule has 0 aromatic heterocycles. The lowest BCUT2D eigenvalue weighted by atomic mass is 9.85. The Morgan fingerprint density at radius 1 is 1.29 bits per heavy atom. The van der Waals surface area contributed by atoms with Crippen molar-refractivity contribution >= 4 is 0 Å². The quantitative estimate of drug-likeness (QED) is 0.793. The number of rotatable bonds is 5. The first kappa shape index (κ1) is 12.9. The Morgan fingerprint density at radius 3 is 2.65 bits per heavy atom. The van der Waals surface area contributed by atoms with Crippen LogP contribution in [0.1, 0.15) is 45.4 Å². The molecule has 2 aliphatic rings. The Balaban J connectivity index is 1.74. The van der Waals surface area contributed by atoms with Crippen molar-refractivity contribution < 1.29 is 0 Å². The summed E-state index contributed by atoms with van der Waals surface area (Å²) in [5.41, 5.74) is 0. The third-order valence-corrected chi connectivity index (χ3v) is 4.43. The van der Waals surface area contributed by atoms with E-state index in [9.17, 15) is 0 Å². The maximum absolute atomic E-state index is 9.13. The zero-order chi connectivity index (χ0) is 12.3. The van der Waals surface area contributed by atoms with Crippen LogP contribution in [0.2, 0.25) is 0 Å². The summed E-state index contributed by atoms with van der Waals surface area (Å²) in [6.07, 6.45) is 7.51. The van der Waals surface area contributed by atoms with Crippen LogP contribution in [-0.4, -0.2) is 36.6 Å². The lowest BCUT2D eigenvalue weighted by Crippen LogP contribution is -2.45. The summed E-state index contributed by atoms with van der Waals surface area (Å²) < 4.78 is 0. The van der Waals surface area contributed by atoms with E-state index >= 15 is 0 Å². The first-order valence-corrected chi connectivity index (χ1v) is 7.07. The van der Waals surface area contributed by atoms with Gasteiger partial charge in [0.1, 0.15) is 0 Å². The second-order valence-corrected chi connectivity index (χ2v) is 5.78. The van der Waals surface area contributed by atoms with Gasteiger partial charge in [-0.25, -0.2) is 0 Å². The molecule has 2 saturated carbocycles. The number of nitrogens with zero attached hydrogens (tertiary/aromatic N) is 2. The monoisotopic (exact) mass is 235 g/mol. The molecular formula is C14H25N3. The molecule has 0 radical (unpaired) electrons. The van der Waals surface area contributed by atoms with Crippen molar-refractivity contribution in [3.05, 3.63) is 0 Å². The van der Waals surface area contributed by atoms with E-state index in [0.717, 1.165) is 19.0 Å². The van der Waals surface area contributed by atoms with Gasteiger partial charge in [0, 0.05) is 24.7 Å². The summed E-state index contributed by atoms with van der Waals surface area (Å²) in [6, 6.07) is 4.31. The van der Waals surface area contributed by atoms with Crippen molar-refractivity contribution in [3.63, 3.8) is 0 Å².